The van der Waals surface area contributed by atoms with Gasteiger partial charge < -0.3 is 4.57 Å². The van der Waals surface area contributed by atoms with E-state index in [9.17, 15) is 0 Å². The van der Waals surface area contributed by atoms with Gasteiger partial charge in [0.25, 0.3) is 0 Å². The second kappa shape index (κ2) is 21.7. The van der Waals surface area contributed by atoms with Crippen molar-refractivity contribution >= 4 is 107 Å². The van der Waals surface area contributed by atoms with Crippen molar-refractivity contribution in [1.29, 1.82) is 0 Å². The number of hydrogen-bond donors (Lipinski definition) is 0. The van der Waals surface area contributed by atoms with Gasteiger partial charge in [0.1, 0.15) is 0 Å². The lowest BCUT2D eigenvalue weighted by Gasteiger charge is -2.15. The molecule has 0 spiro atoms. The van der Waals surface area contributed by atoms with E-state index in [1.54, 1.807) is 22.7 Å². The Hall–Kier alpha value is -12.3. The summed E-state index contributed by atoms with van der Waals surface area (Å²) in [4.78, 5) is 47.9. The Morgan fingerprint density at radius 1 is 0.191 bits per heavy atom. The van der Waals surface area contributed by atoms with Crippen LogP contribution in [0, 0.1) is 0 Å². The first kappa shape index (κ1) is 53.5. The third-order valence-electron chi connectivity index (χ3n) is 17.7. The molecule has 0 N–H and O–H groups in total. The number of hydrogen-bond acceptors (Lipinski definition) is 11. The summed E-state index contributed by atoms with van der Waals surface area (Å²) in [6, 6.07) is 99.0. The zero-order chi connectivity index (χ0) is 61.8. The van der Waals surface area contributed by atoms with Crippen LogP contribution in [0.5, 0.6) is 0 Å². The van der Waals surface area contributed by atoms with Crippen LogP contribution in [-0.4, -0.2) is 54.0 Å². The van der Waals surface area contributed by atoms with Gasteiger partial charge in [-0.25, -0.2) is 34.9 Å². The Kier molecular flexibility index (Phi) is 12.4. The largest absolute Gasteiger partial charge is 0.309 e. The van der Waals surface area contributed by atoms with Gasteiger partial charge in [-0.3, -0.25) is 4.57 Å². The van der Waals surface area contributed by atoms with E-state index >= 15 is 0 Å². The predicted octanol–water partition coefficient (Wildman–Crippen LogP) is 20.5. The summed E-state index contributed by atoms with van der Waals surface area (Å²) in [5, 5.41) is 8.93. The topological polar surface area (TPSA) is 126 Å². The lowest BCUT2D eigenvalue weighted by atomic mass is 10.1. The summed E-state index contributed by atoms with van der Waals surface area (Å²) in [5.41, 5.74) is 11.5. The fraction of sp³-hybridized carbons (Fsp3) is 0. The van der Waals surface area contributed by atoms with Crippen LogP contribution in [0.1, 0.15) is 0 Å². The molecule has 0 radical (unpaired) electrons. The van der Waals surface area contributed by atoms with Crippen LogP contribution in [0.3, 0.4) is 0 Å². The van der Waals surface area contributed by atoms with Crippen molar-refractivity contribution in [2.45, 2.75) is 0 Å². The monoisotopic (exact) mass is 1240 g/mol. The molecular formula is C81H47N11S2. The molecule has 0 fully saturated rings. The Morgan fingerprint density at radius 2 is 0.511 bits per heavy atom. The number of nitrogens with zero attached hydrogens (tertiary/aromatic N) is 11. The Morgan fingerprint density at radius 3 is 0.926 bits per heavy atom. The number of rotatable bonds is 10. The highest BCUT2D eigenvalue weighted by Crippen LogP contribution is 2.43. The number of benzene rings is 12. The average Bonchev–Trinajstić information content (AvgIpc) is 1.55. The summed E-state index contributed by atoms with van der Waals surface area (Å²) in [6.07, 6.45) is 0. The fourth-order valence-corrected chi connectivity index (χ4v) is 15.4. The molecule has 7 heterocycles. The Bertz CT molecular complexity index is 5850. The molecule has 0 saturated heterocycles. The van der Waals surface area contributed by atoms with Crippen molar-refractivity contribution in [3.63, 3.8) is 0 Å². The van der Waals surface area contributed by atoms with E-state index in [1.807, 2.05) is 121 Å². The van der Waals surface area contributed by atoms with Crippen LogP contribution in [0.15, 0.2) is 285 Å². The first-order valence-corrected chi connectivity index (χ1v) is 32.6. The third-order valence-corrected chi connectivity index (χ3v) is 20.0. The summed E-state index contributed by atoms with van der Waals surface area (Å²) in [6.45, 7) is 0. The standard InChI is InChI=1S/C81H47N11S2/c1-5-21-48(22-6-1)73-82-74(49-23-7-2-8-24-49)85-79(84-73)54-41-55(80-86-75(50-25-9-3-10-26-50)83-76(87-80)51-27-11-4-12-28-51)43-56(42-54)91-65-33-17-13-29-57(65)61-47-68-62(46-67(61)91)58-30-14-18-34-66(58)92(68)81-89-77(52-37-39-71-63(44-52)59-31-15-19-35-69(59)93-71)88-78(90-81)53-38-40-72-64(45-53)60-32-16-20-36-70(60)94-72/h1-47H. The third kappa shape index (κ3) is 9.04. The van der Waals surface area contributed by atoms with Crippen molar-refractivity contribution in [2.24, 2.45) is 0 Å². The van der Waals surface area contributed by atoms with Crippen molar-refractivity contribution < 1.29 is 0 Å². The van der Waals surface area contributed by atoms with Crippen molar-refractivity contribution in [3.05, 3.63) is 285 Å². The predicted molar refractivity (Wildman–Crippen MR) is 385 cm³/mol. The van der Waals surface area contributed by atoms with Crippen LogP contribution in [0.4, 0.5) is 0 Å². The molecule has 19 rings (SSSR count). The summed E-state index contributed by atoms with van der Waals surface area (Å²) >= 11 is 3.60. The van der Waals surface area contributed by atoms with E-state index in [4.69, 9.17) is 44.9 Å². The highest BCUT2D eigenvalue weighted by molar-refractivity contribution is 7.26. The normalized spacial score (nSPS) is 11.8. The molecule has 12 aromatic carbocycles. The Labute approximate surface area is 545 Å². The van der Waals surface area contributed by atoms with Gasteiger partial charge in [-0.2, -0.15) is 9.97 Å². The molecule has 94 heavy (non-hydrogen) atoms. The molecule has 19 aromatic rings. The maximum absolute atomic E-state index is 5.53. The molecular weight excluding hydrogens is 1190 g/mol. The van der Waals surface area contributed by atoms with Crippen LogP contribution >= 0.6 is 22.7 Å². The highest BCUT2D eigenvalue weighted by atomic mass is 32.1. The molecule has 0 aliphatic rings. The van der Waals surface area contributed by atoms with Crippen LogP contribution < -0.4 is 0 Å². The maximum atomic E-state index is 5.53. The molecule has 0 aliphatic carbocycles. The molecule has 0 atom stereocenters. The van der Waals surface area contributed by atoms with Crippen LogP contribution in [0.25, 0.3) is 187 Å². The minimum Gasteiger partial charge on any atom is -0.309 e. The number of para-hydroxylation sites is 2. The lowest BCUT2D eigenvalue weighted by molar-refractivity contribution is 0.954. The minimum atomic E-state index is 0.492. The molecule has 13 heteroatoms. The fourth-order valence-electron chi connectivity index (χ4n) is 13.3. The first-order valence-electron chi connectivity index (χ1n) is 31.0. The van der Waals surface area contributed by atoms with Crippen LogP contribution in [0.2, 0.25) is 0 Å². The first-order chi connectivity index (χ1) is 46.5. The van der Waals surface area contributed by atoms with Crippen molar-refractivity contribution in [3.8, 4) is 103 Å². The molecule has 0 saturated carbocycles. The zero-order valence-corrected chi connectivity index (χ0v) is 51.5. The van der Waals surface area contributed by atoms with Gasteiger partial charge in [-0.05, 0) is 91.0 Å². The van der Waals surface area contributed by atoms with Gasteiger partial charge in [0, 0.05) is 112 Å². The van der Waals surface area contributed by atoms with Gasteiger partial charge in [-0.1, -0.05) is 194 Å². The van der Waals surface area contributed by atoms with E-state index in [2.05, 4.69) is 173 Å². The Balaban J connectivity index is 0.860. The van der Waals surface area contributed by atoms with E-state index < -0.39 is 0 Å². The van der Waals surface area contributed by atoms with Crippen molar-refractivity contribution in [1.82, 2.24) is 54.0 Å². The molecule has 0 unspecified atom stereocenters. The van der Waals surface area contributed by atoms with E-state index in [0.717, 1.165) is 93.8 Å². The quantitative estimate of drug-likeness (QED) is 0.132. The van der Waals surface area contributed by atoms with Gasteiger partial charge in [-0.15, -0.1) is 22.7 Å². The number of fused-ring (bicyclic) bond motifs is 12. The molecule has 7 aromatic heterocycles. The maximum Gasteiger partial charge on any atom is 0.238 e. The molecule has 11 nitrogen and oxygen atoms in total. The molecule has 0 aliphatic heterocycles. The van der Waals surface area contributed by atoms with E-state index in [1.165, 1.54) is 40.3 Å². The van der Waals surface area contributed by atoms with E-state index in [0.29, 0.717) is 52.5 Å². The number of thiophene rings is 2. The summed E-state index contributed by atoms with van der Waals surface area (Å²) < 4.78 is 9.48. The minimum absolute atomic E-state index is 0.492. The second-order valence-electron chi connectivity index (χ2n) is 23.3. The summed E-state index contributed by atoms with van der Waals surface area (Å²) in [7, 11) is 0. The SMILES string of the molecule is c1ccc(-c2nc(-c3ccccc3)nc(-c3cc(-c4nc(-c5ccccc5)nc(-c5ccccc5)n4)cc(-n4c5ccccc5c5cc6c(cc54)c4ccccc4n6-c4nc(-c5ccc6sc7ccccc7c6c5)nc(-c5ccc6sc7ccccc7c6c5)n4)c3)n2)cc1. The highest BCUT2D eigenvalue weighted by Gasteiger charge is 2.25. The van der Waals surface area contributed by atoms with Gasteiger partial charge in [0.05, 0.1) is 22.1 Å². The number of aromatic nitrogens is 11. The smallest absolute Gasteiger partial charge is 0.238 e. The van der Waals surface area contributed by atoms with Gasteiger partial charge >= 0.3 is 0 Å². The summed E-state index contributed by atoms with van der Waals surface area (Å²) in [5.74, 6) is 4.88. The average molecular weight is 1240 g/mol. The van der Waals surface area contributed by atoms with Crippen molar-refractivity contribution in [2.75, 3.05) is 0 Å². The molecule has 0 bridgehead atoms. The molecule has 0 amide bonds. The van der Waals surface area contributed by atoms with Gasteiger partial charge in [0.15, 0.2) is 46.6 Å². The zero-order valence-electron chi connectivity index (χ0n) is 49.9. The second-order valence-corrected chi connectivity index (χ2v) is 25.5. The molecule has 438 valence electrons. The van der Waals surface area contributed by atoms with Gasteiger partial charge in [0.2, 0.25) is 5.95 Å². The lowest BCUT2D eigenvalue weighted by Crippen LogP contribution is -2.06. The van der Waals surface area contributed by atoms with Crippen LogP contribution in [-0.2, 0) is 0 Å². The van der Waals surface area contributed by atoms with E-state index in [-0.39, 0.29) is 0 Å².